The molecule has 7 nitrogen and oxygen atoms in total. The first-order valence-electron chi connectivity index (χ1n) is 9.24. The minimum absolute atomic E-state index is 0.162. The van der Waals surface area contributed by atoms with Crippen LogP contribution in [0.4, 0.5) is 4.39 Å². The highest BCUT2D eigenvalue weighted by Crippen LogP contribution is 2.20. The number of hydrogen-bond donors (Lipinski definition) is 0. The van der Waals surface area contributed by atoms with E-state index >= 15 is 0 Å². The quantitative estimate of drug-likeness (QED) is 0.751. The predicted octanol–water partition coefficient (Wildman–Crippen LogP) is 2.10. The van der Waals surface area contributed by atoms with Gasteiger partial charge in [0.2, 0.25) is 5.43 Å². The van der Waals surface area contributed by atoms with Gasteiger partial charge in [-0.3, -0.25) is 14.4 Å². The molecule has 0 saturated carbocycles. The lowest BCUT2D eigenvalue weighted by atomic mass is 9.97. The highest BCUT2D eigenvalue weighted by atomic mass is 19.1. The third-order valence-electron chi connectivity index (χ3n) is 4.79. The fourth-order valence-electron chi connectivity index (χ4n) is 3.29. The predicted molar refractivity (Wildman–Crippen MR) is 99.8 cm³/mol. The average molecular weight is 387 g/mol. The van der Waals surface area contributed by atoms with E-state index in [9.17, 15) is 18.8 Å². The Balaban J connectivity index is 1.83. The maximum Gasteiger partial charge on any atom is 0.309 e. The van der Waals surface area contributed by atoms with E-state index in [0.717, 1.165) is 0 Å². The maximum absolute atomic E-state index is 14.1. The van der Waals surface area contributed by atoms with Gasteiger partial charge in [-0.2, -0.15) is 5.10 Å². The molecule has 28 heavy (non-hydrogen) atoms. The van der Waals surface area contributed by atoms with E-state index in [4.69, 9.17) is 4.74 Å². The van der Waals surface area contributed by atoms with E-state index in [1.165, 1.54) is 27.8 Å². The largest absolute Gasteiger partial charge is 0.466 e. The van der Waals surface area contributed by atoms with Crippen LogP contribution in [0.25, 0.3) is 5.69 Å². The van der Waals surface area contributed by atoms with Gasteiger partial charge in [0.05, 0.1) is 12.5 Å². The highest BCUT2D eigenvalue weighted by Gasteiger charge is 2.30. The van der Waals surface area contributed by atoms with Crippen LogP contribution in [-0.4, -0.2) is 46.3 Å². The number of para-hydroxylation sites is 1. The molecule has 0 radical (unpaired) electrons. The summed E-state index contributed by atoms with van der Waals surface area (Å²) < 4.78 is 20.4. The number of esters is 1. The zero-order chi connectivity index (χ0) is 20.3. The normalized spacial score (nSPS) is 14.8. The van der Waals surface area contributed by atoms with Gasteiger partial charge in [-0.05, 0) is 38.8 Å². The van der Waals surface area contributed by atoms with Gasteiger partial charge in [-0.15, -0.1) is 0 Å². The number of aryl methyl sites for hydroxylation is 1. The van der Waals surface area contributed by atoms with Crippen molar-refractivity contribution in [2.75, 3.05) is 19.7 Å². The summed E-state index contributed by atoms with van der Waals surface area (Å²) in [5, 5.41) is 4.14. The minimum Gasteiger partial charge on any atom is -0.466 e. The first-order chi connectivity index (χ1) is 13.4. The Morgan fingerprint density at radius 3 is 2.57 bits per heavy atom. The van der Waals surface area contributed by atoms with Crippen molar-refractivity contribution in [2.45, 2.75) is 26.7 Å². The smallest absolute Gasteiger partial charge is 0.309 e. The first kappa shape index (κ1) is 19.7. The molecule has 0 atom stereocenters. The summed E-state index contributed by atoms with van der Waals surface area (Å²) in [6.45, 7) is 4.36. The van der Waals surface area contributed by atoms with Crippen LogP contribution in [0.15, 0.2) is 35.1 Å². The van der Waals surface area contributed by atoms with Crippen LogP contribution in [0.5, 0.6) is 0 Å². The van der Waals surface area contributed by atoms with Crippen molar-refractivity contribution in [1.82, 2.24) is 14.7 Å². The summed E-state index contributed by atoms with van der Waals surface area (Å²) in [7, 11) is 0. The van der Waals surface area contributed by atoms with Crippen LogP contribution in [0.2, 0.25) is 0 Å². The van der Waals surface area contributed by atoms with Crippen LogP contribution >= 0.6 is 0 Å². The van der Waals surface area contributed by atoms with Crippen molar-refractivity contribution >= 4 is 11.9 Å². The second-order valence-electron chi connectivity index (χ2n) is 6.68. The number of benzene rings is 1. The molecule has 0 bridgehead atoms. The third-order valence-corrected chi connectivity index (χ3v) is 4.79. The SMILES string of the molecule is CCOC(=O)C1CCN(C(=O)c2nn(-c3ccccc3F)c(C)cc2=O)CC1. The molecule has 3 rings (SSSR count). The standard InChI is InChI=1S/C20H22FN3O4/c1-3-28-20(27)14-8-10-23(11-9-14)19(26)18-17(25)12-13(2)24(22-18)16-7-5-4-6-15(16)21/h4-7,12,14H,3,8-11H2,1-2H3. The lowest BCUT2D eigenvalue weighted by molar-refractivity contribution is -0.149. The number of likely N-dealkylation sites (tertiary alicyclic amines) is 1. The van der Waals surface area contributed by atoms with E-state index in [2.05, 4.69) is 5.10 Å². The van der Waals surface area contributed by atoms with Gasteiger partial charge in [0, 0.05) is 24.8 Å². The molecule has 2 heterocycles. The number of halogens is 1. The number of carbonyl (C=O) groups excluding carboxylic acids is 2. The van der Waals surface area contributed by atoms with Gasteiger partial charge in [0.1, 0.15) is 11.5 Å². The number of aromatic nitrogens is 2. The average Bonchev–Trinajstić information content (AvgIpc) is 2.69. The van der Waals surface area contributed by atoms with Gasteiger partial charge in [-0.1, -0.05) is 12.1 Å². The lowest BCUT2D eigenvalue weighted by Gasteiger charge is -2.30. The Morgan fingerprint density at radius 2 is 1.93 bits per heavy atom. The van der Waals surface area contributed by atoms with Crippen LogP contribution in [-0.2, 0) is 9.53 Å². The summed E-state index contributed by atoms with van der Waals surface area (Å²) >= 11 is 0. The summed E-state index contributed by atoms with van der Waals surface area (Å²) in [4.78, 5) is 38.5. The molecule has 0 N–H and O–H groups in total. The zero-order valence-corrected chi connectivity index (χ0v) is 15.9. The van der Waals surface area contributed by atoms with Crippen molar-refractivity contribution in [3.63, 3.8) is 0 Å². The Labute approximate surface area is 161 Å². The topological polar surface area (TPSA) is 81.5 Å². The van der Waals surface area contributed by atoms with Crippen LogP contribution in [0, 0.1) is 18.7 Å². The fraction of sp³-hybridized carbons (Fsp3) is 0.400. The Bertz CT molecular complexity index is 949. The van der Waals surface area contributed by atoms with Crippen molar-refractivity contribution in [3.8, 4) is 5.69 Å². The summed E-state index contributed by atoms with van der Waals surface area (Å²) in [5.41, 5.74) is -0.186. The van der Waals surface area contributed by atoms with Gasteiger partial charge in [-0.25, -0.2) is 9.07 Å². The highest BCUT2D eigenvalue weighted by molar-refractivity contribution is 5.92. The molecule has 8 heteroatoms. The van der Waals surface area contributed by atoms with E-state index in [1.807, 2.05) is 0 Å². The van der Waals surface area contributed by atoms with Crippen LogP contribution in [0.1, 0.15) is 35.9 Å². The Kier molecular flexibility index (Phi) is 5.87. The second-order valence-corrected chi connectivity index (χ2v) is 6.68. The number of nitrogens with zero attached hydrogens (tertiary/aromatic N) is 3. The molecule has 1 aromatic carbocycles. The molecule has 1 aliphatic heterocycles. The van der Waals surface area contributed by atoms with Gasteiger partial charge in [0.25, 0.3) is 5.91 Å². The summed E-state index contributed by atoms with van der Waals surface area (Å²) in [5.74, 6) is -1.53. The molecule has 1 amide bonds. The number of rotatable bonds is 4. The van der Waals surface area contributed by atoms with E-state index in [-0.39, 0.29) is 23.3 Å². The molecular weight excluding hydrogens is 365 g/mol. The molecular formula is C20H22FN3O4. The lowest BCUT2D eigenvalue weighted by Crippen LogP contribution is -2.43. The third kappa shape index (κ3) is 3.95. The molecule has 2 aromatic rings. The number of carbonyl (C=O) groups is 2. The maximum atomic E-state index is 14.1. The number of amides is 1. The minimum atomic E-state index is -0.516. The molecule has 1 aromatic heterocycles. The molecule has 0 unspecified atom stereocenters. The van der Waals surface area contributed by atoms with Crippen molar-refractivity contribution in [1.29, 1.82) is 0 Å². The van der Waals surface area contributed by atoms with E-state index in [0.29, 0.717) is 38.2 Å². The van der Waals surface area contributed by atoms with E-state index in [1.54, 1.807) is 26.0 Å². The Morgan fingerprint density at radius 1 is 1.25 bits per heavy atom. The number of ether oxygens (including phenoxy) is 1. The first-order valence-corrected chi connectivity index (χ1v) is 9.24. The number of piperidine rings is 1. The van der Waals surface area contributed by atoms with Gasteiger partial charge >= 0.3 is 5.97 Å². The van der Waals surface area contributed by atoms with Crippen molar-refractivity contribution in [3.05, 3.63) is 57.8 Å². The molecule has 1 aliphatic rings. The van der Waals surface area contributed by atoms with Gasteiger partial charge in [0.15, 0.2) is 5.69 Å². The van der Waals surface area contributed by atoms with Gasteiger partial charge < -0.3 is 9.64 Å². The van der Waals surface area contributed by atoms with E-state index < -0.39 is 17.2 Å². The van der Waals surface area contributed by atoms with Crippen molar-refractivity contribution < 1.29 is 18.7 Å². The fourth-order valence-corrected chi connectivity index (χ4v) is 3.29. The molecule has 1 fully saturated rings. The molecule has 148 valence electrons. The second kappa shape index (κ2) is 8.33. The van der Waals surface area contributed by atoms with Crippen molar-refractivity contribution in [2.24, 2.45) is 5.92 Å². The van der Waals surface area contributed by atoms with Crippen LogP contribution < -0.4 is 5.43 Å². The van der Waals surface area contributed by atoms with Crippen LogP contribution in [0.3, 0.4) is 0 Å². The molecule has 0 spiro atoms. The monoisotopic (exact) mass is 387 g/mol. The number of hydrogen-bond acceptors (Lipinski definition) is 5. The Hall–Kier alpha value is -3.03. The summed E-state index contributed by atoms with van der Waals surface area (Å²) in [6, 6.07) is 7.29. The summed E-state index contributed by atoms with van der Waals surface area (Å²) in [6.07, 6.45) is 0.940. The molecule has 1 saturated heterocycles. The zero-order valence-electron chi connectivity index (χ0n) is 15.9. The molecule has 0 aliphatic carbocycles.